The molecular weight excluding hydrogens is 394 g/mol. The van der Waals surface area contributed by atoms with E-state index in [2.05, 4.69) is 30.8 Å². The maximum absolute atomic E-state index is 12.7. The lowest BCUT2D eigenvalue weighted by Crippen LogP contribution is -2.19. The number of halogens is 1. The molecule has 0 spiro atoms. The molecule has 0 unspecified atom stereocenters. The van der Waals surface area contributed by atoms with Crippen molar-refractivity contribution in [2.45, 2.75) is 38.6 Å². The van der Waals surface area contributed by atoms with Gasteiger partial charge in [-0.05, 0) is 66.8 Å². The average Bonchev–Trinajstić information content (AvgIpc) is 3.28. The van der Waals surface area contributed by atoms with E-state index in [0.29, 0.717) is 23.1 Å². The van der Waals surface area contributed by atoms with Crippen LogP contribution in [0.2, 0.25) is 5.02 Å². The van der Waals surface area contributed by atoms with Crippen molar-refractivity contribution in [2.75, 3.05) is 5.32 Å². The van der Waals surface area contributed by atoms with Crippen LogP contribution in [0.25, 0.3) is 16.7 Å². The van der Waals surface area contributed by atoms with Crippen molar-refractivity contribution < 1.29 is 4.42 Å². The van der Waals surface area contributed by atoms with E-state index in [-0.39, 0.29) is 17.6 Å². The first-order valence-electron chi connectivity index (χ1n) is 9.33. The molecule has 1 aliphatic carbocycles. The fourth-order valence-corrected chi connectivity index (χ4v) is 3.75. The zero-order valence-electron chi connectivity index (χ0n) is 15.8. The number of tetrazole rings is 1. The summed E-state index contributed by atoms with van der Waals surface area (Å²) in [5.74, 6) is 1.55. The van der Waals surface area contributed by atoms with Gasteiger partial charge < -0.3 is 14.7 Å². The smallest absolute Gasteiger partial charge is 0.297 e. The lowest BCUT2D eigenvalue weighted by molar-refractivity contribution is 0.561. The first-order chi connectivity index (χ1) is 14.0. The molecule has 9 nitrogen and oxygen atoms in total. The van der Waals surface area contributed by atoms with Crippen LogP contribution in [0.5, 0.6) is 0 Å². The minimum absolute atomic E-state index is 0.162. The van der Waals surface area contributed by atoms with Gasteiger partial charge in [-0.15, -0.1) is 5.10 Å². The third kappa shape index (κ3) is 3.27. The number of nitrogens with zero attached hydrogens (tertiary/aromatic N) is 5. The first-order valence-corrected chi connectivity index (χ1v) is 9.71. The average molecular weight is 412 g/mol. The highest BCUT2D eigenvalue weighted by atomic mass is 35.5. The summed E-state index contributed by atoms with van der Waals surface area (Å²) in [5, 5.41) is 16.0. The van der Waals surface area contributed by atoms with Crippen molar-refractivity contribution in [3.05, 3.63) is 56.8 Å². The topological polar surface area (TPSA) is 115 Å². The van der Waals surface area contributed by atoms with Gasteiger partial charge in [0.25, 0.3) is 11.6 Å². The van der Waals surface area contributed by atoms with Crippen LogP contribution in [0.4, 0.5) is 6.01 Å². The molecule has 1 fully saturated rings. The fraction of sp³-hybridized carbons (Fsp3) is 0.316. The number of H-pyrrole nitrogens is 1. The molecule has 148 valence electrons. The van der Waals surface area contributed by atoms with Crippen molar-refractivity contribution in [3.63, 3.8) is 0 Å². The molecule has 0 aliphatic heterocycles. The highest BCUT2D eigenvalue weighted by Gasteiger charge is 2.26. The third-order valence-electron chi connectivity index (χ3n) is 5.15. The van der Waals surface area contributed by atoms with Crippen LogP contribution >= 0.6 is 11.6 Å². The quantitative estimate of drug-likeness (QED) is 0.516. The van der Waals surface area contributed by atoms with Crippen molar-refractivity contribution in [1.82, 2.24) is 30.2 Å². The standard InChI is InChI=1S/C19H18ClN7O2/c1-9(21-19-23-17(8-29-19)27-10(2)24-25-26-27)13-5-12-6-15(20)14(11-3-4-11)7-16(12)22-18(13)28/h5-9,11H,3-4H2,1-2H3,(H,21,23)(H,22,28)/t9-/m0/s1. The van der Waals surface area contributed by atoms with Gasteiger partial charge in [0.1, 0.15) is 6.26 Å². The summed E-state index contributed by atoms with van der Waals surface area (Å²) in [6, 6.07) is 5.69. The van der Waals surface area contributed by atoms with E-state index in [1.807, 2.05) is 25.1 Å². The number of hydrogen-bond donors (Lipinski definition) is 2. The number of aromatic amines is 1. The molecule has 2 N–H and O–H groups in total. The second-order valence-corrected chi connectivity index (χ2v) is 7.71. The highest BCUT2D eigenvalue weighted by molar-refractivity contribution is 6.32. The molecule has 3 heterocycles. The minimum atomic E-state index is -0.341. The van der Waals surface area contributed by atoms with E-state index in [1.165, 1.54) is 10.9 Å². The third-order valence-corrected chi connectivity index (χ3v) is 5.48. The minimum Gasteiger partial charge on any atom is -0.430 e. The molecule has 3 aromatic heterocycles. The van der Waals surface area contributed by atoms with Gasteiger partial charge in [-0.1, -0.05) is 11.6 Å². The fourth-order valence-electron chi connectivity index (χ4n) is 3.42. The number of hydrogen-bond acceptors (Lipinski definition) is 7. The molecule has 1 aromatic carbocycles. The number of aromatic nitrogens is 6. The van der Waals surface area contributed by atoms with Gasteiger partial charge in [0.2, 0.25) is 0 Å². The summed E-state index contributed by atoms with van der Waals surface area (Å²) in [6.45, 7) is 3.63. The van der Waals surface area contributed by atoms with Crippen molar-refractivity contribution in [1.29, 1.82) is 0 Å². The number of aryl methyl sites for hydroxylation is 1. The van der Waals surface area contributed by atoms with Crippen LogP contribution in [-0.4, -0.2) is 30.2 Å². The summed E-state index contributed by atoms with van der Waals surface area (Å²) in [7, 11) is 0. The summed E-state index contributed by atoms with van der Waals surface area (Å²) < 4.78 is 6.92. The van der Waals surface area contributed by atoms with E-state index in [4.69, 9.17) is 16.0 Å². The molecule has 5 rings (SSSR count). The molecule has 0 radical (unpaired) electrons. The zero-order valence-corrected chi connectivity index (χ0v) is 16.6. The Bertz CT molecular complexity index is 1270. The number of anilines is 1. The van der Waals surface area contributed by atoms with Gasteiger partial charge >= 0.3 is 0 Å². The number of oxazole rings is 1. The molecule has 4 aromatic rings. The predicted molar refractivity (Wildman–Crippen MR) is 108 cm³/mol. The van der Waals surface area contributed by atoms with Gasteiger partial charge in [0.05, 0.1) is 6.04 Å². The Balaban J connectivity index is 1.43. The van der Waals surface area contributed by atoms with Crippen LogP contribution in [0.3, 0.4) is 0 Å². The van der Waals surface area contributed by atoms with Crippen molar-refractivity contribution in [3.8, 4) is 5.82 Å². The number of nitrogens with one attached hydrogen (secondary N) is 2. The Labute approximate surface area is 170 Å². The Hall–Kier alpha value is -3.20. The molecule has 10 heteroatoms. The molecule has 29 heavy (non-hydrogen) atoms. The molecule has 0 bridgehead atoms. The van der Waals surface area contributed by atoms with Crippen LogP contribution in [0.1, 0.15) is 48.7 Å². The molecule has 0 amide bonds. The van der Waals surface area contributed by atoms with Gasteiger partial charge in [-0.25, -0.2) is 0 Å². The van der Waals surface area contributed by atoms with Crippen molar-refractivity contribution >= 4 is 28.5 Å². The summed E-state index contributed by atoms with van der Waals surface area (Å²) in [6.07, 6.45) is 3.75. The van der Waals surface area contributed by atoms with E-state index in [0.717, 1.165) is 34.3 Å². The molecule has 0 saturated heterocycles. The van der Waals surface area contributed by atoms with Crippen LogP contribution in [0.15, 0.2) is 33.7 Å². The van der Waals surface area contributed by atoms with Gasteiger partial charge in [-0.3, -0.25) is 4.79 Å². The SMILES string of the molecule is Cc1nnnn1-c1coc(N[C@@H](C)c2cc3cc(Cl)c(C4CC4)cc3[nH]c2=O)n1. The van der Waals surface area contributed by atoms with Crippen LogP contribution in [0, 0.1) is 6.92 Å². The van der Waals surface area contributed by atoms with Crippen LogP contribution < -0.4 is 10.9 Å². The molecule has 1 atom stereocenters. The second kappa shape index (κ2) is 6.70. The monoisotopic (exact) mass is 411 g/mol. The zero-order chi connectivity index (χ0) is 20.1. The van der Waals surface area contributed by atoms with Crippen LogP contribution in [-0.2, 0) is 0 Å². The van der Waals surface area contributed by atoms with E-state index in [1.54, 1.807) is 6.92 Å². The molecular formula is C19H18ClN7O2. The van der Waals surface area contributed by atoms with E-state index >= 15 is 0 Å². The van der Waals surface area contributed by atoms with E-state index in [9.17, 15) is 4.79 Å². The first kappa shape index (κ1) is 17.9. The normalized spacial score (nSPS) is 15.0. The lowest BCUT2D eigenvalue weighted by Gasteiger charge is -2.13. The summed E-state index contributed by atoms with van der Waals surface area (Å²) in [5.41, 5.74) is 2.31. The maximum Gasteiger partial charge on any atom is 0.297 e. The largest absolute Gasteiger partial charge is 0.430 e. The maximum atomic E-state index is 12.7. The number of fused-ring (bicyclic) bond motifs is 1. The second-order valence-electron chi connectivity index (χ2n) is 7.30. The number of rotatable bonds is 5. The van der Waals surface area contributed by atoms with Crippen molar-refractivity contribution in [2.24, 2.45) is 0 Å². The number of pyridine rings is 1. The van der Waals surface area contributed by atoms with Gasteiger partial charge in [0, 0.05) is 21.5 Å². The lowest BCUT2D eigenvalue weighted by atomic mass is 10.0. The Morgan fingerprint density at radius 1 is 1.34 bits per heavy atom. The Morgan fingerprint density at radius 2 is 2.17 bits per heavy atom. The summed E-state index contributed by atoms with van der Waals surface area (Å²) >= 11 is 6.45. The summed E-state index contributed by atoms with van der Waals surface area (Å²) in [4.78, 5) is 20.0. The molecule has 1 saturated carbocycles. The molecule has 1 aliphatic rings. The van der Waals surface area contributed by atoms with Gasteiger partial charge in [-0.2, -0.15) is 9.67 Å². The predicted octanol–water partition coefficient (Wildman–Crippen LogP) is 3.50. The van der Waals surface area contributed by atoms with E-state index < -0.39 is 0 Å². The highest BCUT2D eigenvalue weighted by Crippen LogP contribution is 2.44. The Kier molecular flexibility index (Phi) is 4.13. The Morgan fingerprint density at radius 3 is 2.90 bits per heavy atom. The van der Waals surface area contributed by atoms with Gasteiger partial charge in [0.15, 0.2) is 11.6 Å². The number of benzene rings is 1.